The van der Waals surface area contributed by atoms with Gasteiger partial charge in [-0.2, -0.15) is 0 Å². The van der Waals surface area contributed by atoms with E-state index >= 15 is 0 Å². The molecule has 0 radical (unpaired) electrons. The molecule has 1 aliphatic carbocycles. The number of alkyl halides is 2. The highest BCUT2D eigenvalue weighted by atomic mass is 19.3. The van der Waals surface area contributed by atoms with E-state index in [1.807, 2.05) is 0 Å². The van der Waals surface area contributed by atoms with Crippen molar-refractivity contribution in [1.29, 1.82) is 0 Å². The van der Waals surface area contributed by atoms with Crippen molar-refractivity contribution in [3.05, 3.63) is 0 Å². The van der Waals surface area contributed by atoms with Gasteiger partial charge in [0.15, 0.2) is 0 Å². The van der Waals surface area contributed by atoms with E-state index in [9.17, 15) is 8.78 Å². The van der Waals surface area contributed by atoms with E-state index in [0.29, 0.717) is 0 Å². The standard InChI is InChI=1S/C11H19F2N/c12-11(13,9-4-1-2-5-9)8-10-6-3-7-14-10/h9-10,14H,1-8H2. The SMILES string of the molecule is FC(F)(CC1CCCN1)C1CCCC1. The van der Waals surface area contributed by atoms with Gasteiger partial charge >= 0.3 is 0 Å². The van der Waals surface area contributed by atoms with Gasteiger partial charge < -0.3 is 5.32 Å². The fourth-order valence-electron chi connectivity index (χ4n) is 2.77. The Morgan fingerprint density at radius 2 is 1.79 bits per heavy atom. The van der Waals surface area contributed by atoms with Gasteiger partial charge in [0.05, 0.1) is 0 Å². The molecule has 1 aliphatic heterocycles. The molecule has 3 heteroatoms. The van der Waals surface area contributed by atoms with Crippen molar-refractivity contribution in [1.82, 2.24) is 5.32 Å². The van der Waals surface area contributed by atoms with E-state index in [1.54, 1.807) is 0 Å². The van der Waals surface area contributed by atoms with Crippen molar-refractivity contribution in [3.63, 3.8) is 0 Å². The third kappa shape index (κ3) is 2.25. The van der Waals surface area contributed by atoms with Crippen LogP contribution in [0.2, 0.25) is 0 Å². The Bertz CT molecular complexity index is 182. The first-order chi connectivity index (χ1) is 6.68. The number of rotatable bonds is 3. The topological polar surface area (TPSA) is 12.0 Å². The van der Waals surface area contributed by atoms with Gasteiger partial charge in [0.2, 0.25) is 0 Å². The number of hydrogen-bond donors (Lipinski definition) is 1. The molecule has 0 amide bonds. The molecular weight excluding hydrogens is 184 g/mol. The van der Waals surface area contributed by atoms with Gasteiger partial charge in [-0.25, -0.2) is 8.78 Å². The van der Waals surface area contributed by atoms with Gasteiger partial charge in [0.1, 0.15) is 0 Å². The monoisotopic (exact) mass is 203 g/mol. The molecule has 0 bridgehead atoms. The minimum atomic E-state index is -2.42. The van der Waals surface area contributed by atoms with Crippen LogP contribution in [0.3, 0.4) is 0 Å². The van der Waals surface area contributed by atoms with Gasteiger partial charge in [-0.15, -0.1) is 0 Å². The Morgan fingerprint density at radius 3 is 2.36 bits per heavy atom. The maximum absolute atomic E-state index is 13.7. The molecule has 0 aromatic heterocycles. The van der Waals surface area contributed by atoms with Crippen LogP contribution in [0.1, 0.15) is 44.9 Å². The fraction of sp³-hybridized carbons (Fsp3) is 1.00. The van der Waals surface area contributed by atoms with Gasteiger partial charge in [0, 0.05) is 18.4 Å². The lowest BCUT2D eigenvalue weighted by atomic mass is 9.93. The molecule has 1 atom stereocenters. The summed E-state index contributed by atoms with van der Waals surface area (Å²) in [6, 6.07) is 0.0746. The predicted molar refractivity (Wildman–Crippen MR) is 52.5 cm³/mol. The lowest BCUT2D eigenvalue weighted by Gasteiger charge is -2.25. The second-order valence-corrected chi connectivity index (χ2v) is 4.74. The third-order valence-corrected chi connectivity index (χ3v) is 3.63. The van der Waals surface area contributed by atoms with Crippen molar-refractivity contribution in [3.8, 4) is 0 Å². The van der Waals surface area contributed by atoms with Crippen LogP contribution in [0.25, 0.3) is 0 Å². The van der Waals surface area contributed by atoms with Crippen molar-refractivity contribution in [2.24, 2.45) is 5.92 Å². The average Bonchev–Trinajstić information content (AvgIpc) is 2.71. The lowest BCUT2D eigenvalue weighted by Crippen LogP contribution is -2.35. The summed E-state index contributed by atoms with van der Waals surface area (Å²) in [6.07, 6.45) is 5.53. The normalized spacial score (nSPS) is 30.0. The zero-order chi connectivity index (χ0) is 10.0. The first kappa shape index (κ1) is 10.3. The molecule has 1 saturated carbocycles. The number of halogens is 2. The predicted octanol–water partition coefficient (Wildman–Crippen LogP) is 2.95. The number of nitrogens with one attached hydrogen (secondary N) is 1. The minimum Gasteiger partial charge on any atom is -0.314 e. The molecule has 1 heterocycles. The van der Waals surface area contributed by atoms with Gasteiger partial charge in [-0.05, 0) is 32.2 Å². The Balaban J connectivity index is 1.86. The third-order valence-electron chi connectivity index (χ3n) is 3.63. The Hall–Kier alpha value is -0.180. The first-order valence-corrected chi connectivity index (χ1v) is 5.80. The van der Waals surface area contributed by atoms with Crippen molar-refractivity contribution in [2.45, 2.75) is 56.9 Å². The Morgan fingerprint density at radius 1 is 1.07 bits per heavy atom. The van der Waals surface area contributed by atoms with E-state index in [0.717, 1.165) is 45.1 Å². The lowest BCUT2D eigenvalue weighted by molar-refractivity contribution is -0.0688. The molecule has 2 rings (SSSR count). The second-order valence-electron chi connectivity index (χ2n) is 4.74. The van der Waals surface area contributed by atoms with Gasteiger partial charge in [-0.1, -0.05) is 12.8 Å². The highest BCUT2D eigenvalue weighted by Gasteiger charge is 2.42. The largest absolute Gasteiger partial charge is 0.314 e. The molecule has 0 aromatic rings. The highest BCUT2D eigenvalue weighted by Crippen LogP contribution is 2.41. The van der Waals surface area contributed by atoms with Crippen LogP contribution in [0, 0.1) is 5.92 Å². The molecule has 0 spiro atoms. The van der Waals surface area contributed by atoms with Crippen LogP contribution < -0.4 is 5.32 Å². The van der Waals surface area contributed by atoms with Crippen LogP contribution in [-0.4, -0.2) is 18.5 Å². The van der Waals surface area contributed by atoms with E-state index in [2.05, 4.69) is 5.32 Å². The summed E-state index contributed by atoms with van der Waals surface area (Å²) in [7, 11) is 0. The van der Waals surface area contributed by atoms with E-state index < -0.39 is 5.92 Å². The molecule has 14 heavy (non-hydrogen) atoms. The average molecular weight is 203 g/mol. The van der Waals surface area contributed by atoms with Crippen molar-refractivity contribution >= 4 is 0 Å². The summed E-state index contributed by atoms with van der Waals surface area (Å²) in [4.78, 5) is 0. The molecular formula is C11H19F2N. The van der Waals surface area contributed by atoms with E-state index in [1.165, 1.54) is 0 Å². The Kier molecular flexibility index (Phi) is 3.05. The van der Waals surface area contributed by atoms with E-state index in [4.69, 9.17) is 0 Å². The molecule has 2 fully saturated rings. The molecule has 1 unspecified atom stereocenters. The van der Waals surface area contributed by atoms with Crippen LogP contribution in [0.15, 0.2) is 0 Å². The van der Waals surface area contributed by atoms with Crippen molar-refractivity contribution < 1.29 is 8.78 Å². The van der Waals surface area contributed by atoms with Crippen molar-refractivity contribution in [2.75, 3.05) is 6.54 Å². The van der Waals surface area contributed by atoms with Crippen LogP contribution >= 0.6 is 0 Å². The van der Waals surface area contributed by atoms with Crippen LogP contribution in [0.5, 0.6) is 0 Å². The fourth-order valence-corrected chi connectivity index (χ4v) is 2.77. The maximum atomic E-state index is 13.7. The van der Waals surface area contributed by atoms with E-state index in [-0.39, 0.29) is 18.4 Å². The summed E-state index contributed by atoms with van der Waals surface area (Å²) >= 11 is 0. The maximum Gasteiger partial charge on any atom is 0.252 e. The van der Waals surface area contributed by atoms with Crippen LogP contribution in [-0.2, 0) is 0 Å². The summed E-state index contributed by atoms with van der Waals surface area (Å²) in [6.45, 7) is 0.922. The summed E-state index contributed by atoms with van der Waals surface area (Å²) < 4.78 is 27.5. The molecule has 1 saturated heterocycles. The van der Waals surface area contributed by atoms with Crippen LogP contribution in [0.4, 0.5) is 8.78 Å². The first-order valence-electron chi connectivity index (χ1n) is 5.80. The second kappa shape index (κ2) is 4.13. The van der Waals surface area contributed by atoms with Gasteiger partial charge in [0.25, 0.3) is 5.92 Å². The van der Waals surface area contributed by atoms with Gasteiger partial charge in [-0.3, -0.25) is 0 Å². The summed E-state index contributed by atoms with van der Waals surface area (Å²) in [5, 5.41) is 3.16. The zero-order valence-electron chi connectivity index (χ0n) is 8.57. The minimum absolute atomic E-state index is 0.0671. The molecule has 1 nitrogen and oxygen atoms in total. The molecule has 0 aromatic carbocycles. The highest BCUT2D eigenvalue weighted by molar-refractivity contribution is 4.87. The smallest absolute Gasteiger partial charge is 0.252 e. The summed E-state index contributed by atoms with van der Waals surface area (Å²) in [5.74, 6) is -2.75. The quantitative estimate of drug-likeness (QED) is 0.743. The molecule has 82 valence electrons. The number of hydrogen-bond acceptors (Lipinski definition) is 1. The molecule has 2 aliphatic rings. The Labute approximate surface area is 84.3 Å². The summed E-state index contributed by atoms with van der Waals surface area (Å²) in [5.41, 5.74) is 0. The zero-order valence-corrected chi connectivity index (χ0v) is 8.57. The molecule has 1 N–H and O–H groups in total.